The third kappa shape index (κ3) is 4.84. The van der Waals surface area contributed by atoms with Crippen molar-refractivity contribution in [2.45, 2.75) is 45.1 Å². The number of Topliss-reactive ketones (excluding diaryl/α,β-unsaturated/α-hetero) is 1. The van der Waals surface area contributed by atoms with Crippen LogP contribution in [0.25, 0.3) is 10.8 Å². The fraction of sp³-hybridized carbons (Fsp3) is 0.478. The van der Waals surface area contributed by atoms with Gasteiger partial charge in [0.15, 0.2) is 5.78 Å². The van der Waals surface area contributed by atoms with Gasteiger partial charge >= 0.3 is 6.09 Å². The van der Waals surface area contributed by atoms with Gasteiger partial charge in [-0.15, -0.1) is 11.6 Å². The predicted octanol–water partition coefficient (Wildman–Crippen LogP) is 5.42. The number of rotatable bonds is 4. The lowest BCUT2D eigenvalue weighted by molar-refractivity contribution is 0.0172. The molecule has 29 heavy (non-hydrogen) atoms. The summed E-state index contributed by atoms with van der Waals surface area (Å²) >= 11 is 6.11. The minimum atomic E-state index is -0.548. The SMILES string of the molecule is COc1ccc2cc(C(=O)[C@H]3CCCN(C(=O)OC(C)(C)C)C3)ccc2c1CCl. The van der Waals surface area contributed by atoms with Crippen molar-refractivity contribution in [3.8, 4) is 5.75 Å². The van der Waals surface area contributed by atoms with E-state index in [1.807, 2.05) is 51.1 Å². The van der Waals surface area contributed by atoms with Crippen LogP contribution in [0.15, 0.2) is 30.3 Å². The van der Waals surface area contributed by atoms with Crippen LogP contribution in [0.1, 0.15) is 49.5 Å². The van der Waals surface area contributed by atoms with Crippen LogP contribution >= 0.6 is 11.6 Å². The van der Waals surface area contributed by atoms with Gasteiger partial charge in [0.1, 0.15) is 11.4 Å². The molecule has 156 valence electrons. The summed E-state index contributed by atoms with van der Waals surface area (Å²) in [6, 6.07) is 9.48. The summed E-state index contributed by atoms with van der Waals surface area (Å²) in [5.74, 6) is 0.913. The molecule has 0 aliphatic carbocycles. The first-order valence-corrected chi connectivity index (χ1v) is 10.4. The molecule has 2 aromatic carbocycles. The zero-order chi connectivity index (χ0) is 21.2. The first-order valence-electron chi connectivity index (χ1n) is 9.91. The zero-order valence-electron chi connectivity index (χ0n) is 17.5. The number of benzene rings is 2. The van der Waals surface area contributed by atoms with Crippen molar-refractivity contribution >= 4 is 34.2 Å². The van der Waals surface area contributed by atoms with Crippen molar-refractivity contribution in [2.75, 3.05) is 20.2 Å². The molecule has 1 atom stereocenters. The lowest BCUT2D eigenvalue weighted by Gasteiger charge is -2.33. The molecule has 1 fully saturated rings. The smallest absolute Gasteiger partial charge is 0.410 e. The molecule has 0 unspecified atom stereocenters. The first kappa shape index (κ1) is 21.4. The summed E-state index contributed by atoms with van der Waals surface area (Å²) in [4.78, 5) is 27.2. The molecule has 5 nitrogen and oxygen atoms in total. The number of carbonyl (C=O) groups is 2. The van der Waals surface area contributed by atoms with Gasteiger partial charge in [-0.3, -0.25) is 4.79 Å². The number of hydrogen-bond acceptors (Lipinski definition) is 4. The van der Waals surface area contributed by atoms with Gasteiger partial charge in [-0.25, -0.2) is 4.79 Å². The monoisotopic (exact) mass is 417 g/mol. The number of fused-ring (bicyclic) bond motifs is 1. The highest BCUT2D eigenvalue weighted by atomic mass is 35.5. The highest BCUT2D eigenvalue weighted by Crippen LogP contribution is 2.31. The number of amides is 1. The molecule has 1 heterocycles. The van der Waals surface area contributed by atoms with Gasteiger partial charge < -0.3 is 14.4 Å². The van der Waals surface area contributed by atoms with E-state index in [2.05, 4.69) is 0 Å². The van der Waals surface area contributed by atoms with E-state index in [4.69, 9.17) is 21.1 Å². The van der Waals surface area contributed by atoms with E-state index < -0.39 is 5.60 Å². The summed E-state index contributed by atoms with van der Waals surface area (Å²) < 4.78 is 10.9. The maximum atomic E-state index is 13.1. The Kier molecular flexibility index (Phi) is 6.37. The van der Waals surface area contributed by atoms with Crippen molar-refractivity contribution < 1.29 is 19.1 Å². The van der Waals surface area contributed by atoms with Gasteiger partial charge in [-0.05, 0) is 56.5 Å². The molecule has 0 bridgehead atoms. The van der Waals surface area contributed by atoms with Gasteiger partial charge in [0, 0.05) is 30.1 Å². The fourth-order valence-electron chi connectivity index (χ4n) is 3.78. The molecule has 0 aromatic heterocycles. The number of nitrogens with zero attached hydrogens (tertiary/aromatic N) is 1. The second-order valence-corrected chi connectivity index (χ2v) is 8.71. The highest BCUT2D eigenvalue weighted by Gasteiger charge is 2.31. The Morgan fingerprint density at radius 2 is 1.97 bits per heavy atom. The van der Waals surface area contributed by atoms with E-state index in [0.29, 0.717) is 24.5 Å². The molecule has 1 amide bonds. The lowest BCUT2D eigenvalue weighted by Crippen LogP contribution is -2.44. The van der Waals surface area contributed by atoms with E-state index in [1.54, 1.807) is 12.0 Å². The Hall–Kier alpha value is -2.27. The van der Waals surface area contributed by atoms with Gasteiger partial charge in [0.25, 0.3) is 0 Å². The van der Waals surface area contributed by atoms with Crippen molar-refractivity contribution in [1.29, 1.82) is 0 Å². The van der Waals surface area contributed by atoms with Crippen molar-refractivity contribution in [1.82, 2.24) is 4.90 Å². The van der Waals surface area contributed by atoms with Crippen LogP contribution in [0.3, 0.4) is 0 Å². The molecule has 2 aromatic rings. The topological polar surface area (TPSA) is 55.8 Å². The Bertz CT molecular complexity index is 919. The van der Waals surface area contributed by atoms with E-state index in [9.17, 15) is 9.59 Å². The van der Waals surface area contributed by atoms with E-state index in [1.165, 1.54) is 0 Å². The lowest BCUT2D eigenvalue weighted by atomic mass is 9.89. The molecule has 0 N–H and O–H groups in total. The fourth-order valence-corrected chi connectivity index (χ4v) is 4.05. The van der Waals surface area contributed by atoms with Gasteiger partial charge in [0.2, 0.25) is 0 Å². The molecular formula is C23H28ClNO4. The van der Waals surface area contributed by atoms with Gasteiger partial charge in [-0.1, -0.05) is 18.2 Å². The third-order valence-corrected chi connectivity index (χ3v) is 5.44. The molecule has 6 heteroatoms. The number of piperidine rings is 1. The molecular weight excluding hydrogens is 390 g/mol. The van der Waals surface area contributed by atoms with Crippen molar-refractivity contribution in [3.63, 3.8) is 0 Å². The first-order chi connectivity index (χ1) is 13.7. The average Bonchev–Trinajstić information content (AvgIpc) is 2.70. The van der Waals surface area contributed by atoms with Crippen LogP contribution < -0.4 is 4.74 Å². The molecule has 0 radical (unpaired) electrons. The quantitative estimate of drug-likeness (QED) is 0.492. The number of carbonyl (C=O) groups excluding carboxylic acids is 2. The third-order valence-electron chi connectivity index (χ3n) is 5.17. The molecule has 1 saturated heterocycles. The molecule has 0 saturated carbocycles. The largest absolute Gasteiger partial charge is 0.496 e. The van der Waals surface area contributed by atoms with Crippen molar-refractivity contribution in [3.05, 3.63) is 41.5 Å². The van der Waals surface area contributed by atoms with Crippen LogP contribution in [0.4, 0.5) is 4.79 Å². The van der Waals surface area contributed by atoms with Gasteiger partial charge in [-0.2, -0.15) is 0 Å². The average molecular weight is 418 g/mol. The van der Waals surface area contributed by atoms with E-state index in [-0.39, 0.29) is 17.8 Å². The second-order valence-electron chi connectivity index (χ2n) is 8.45. The number of alkyl halides is 1. The molecule has 3 rings (SSSR count). The summed E-state index contributed by atoms with van der Waals surface area (Å²) in [6.07, 6.45) is 1.20. The zero-order valence-corrected chi connectivity index (χ0v) is 18.2. The van der Waals surface area contributed by atoms with Crippen LogP contribution in [0, 0.1) is 5.92 Å². The number of likely N-dealkylation sites (tertiary alicyclic amines) is 1. The van der Waals surface area contributed by atoms with Crippen molar-refractivity contribution in [2.24, 2.45) is 5.92 Å². The number of halogens is 1. The van der Waals surface area contributed by atoms with Crippen LogP contribution in [0.5, 0.6) is 5.75 Å². The number of methoxy groups -OCH3 is 1. The molecule has 1 aliphatic rings. The Morgan fingerprint density at radius 1 is 1.21 bits per heavy atom. The normalized spacial score (nSPS) is 17.3. The maximum absolute atomic E-state index is 13.1. The summed E-state index contributed by atoms with van der Waals surface area (Å²) in [5, 5.41) is 1.93. The van der Waals surface area contributed by atoms with E-state index in [0.717, 1.165) is 34.9 Å². The van der Waals surface area contributed by atoms with Gasteiger partial charge in [0.05, 0.1) is 13.0 Å². The molecule has 0 spiro atoms. The summed E-state index contributed by atoms with van der Waals surface area (Å²) in [6.45, 7) is 6.54. The minimum Gasteiger partial charge on any atom is -0.496 e. The standard InChI is InChI=1S/C23H28ClNO4/c1-23(2,3)29-22(27)25-11-5-6-17(14-25)21(26)16-7-9-18-15(12-16)8-10-20(28-4)19(18)13-24/h7-10,12,17H,5-6,11,13-14H2,1-4H3/t17-/m0/s1. The summed E-state index contributed by atoms with van der Waals surface area (Å²) in [5.41, 5.74) is 1.02. The van der Waals surface area contributed by atoms with Crippen LogP contribution in [-0.2, 0) is 10.6 Å². The minimum absolute atomic E-state index is 0.0587. The Morgan fingerprint density at radius 3 is 2.62 bits per heavy atom. The number of ketones is 1. The number of hydrogen-bond donors (Lipinski definition) is 0. The second kappa shape index (κ2) is 8.62. The molecule has 1 aliphatic heterocycles. The van der Waals surface area contributed by atoms with Crippen LogP contribution in [-0.4, -0.2) is 42.6 Å². The van der Waals surface area contributed by atoms with Crippen LogP contribution in [0.2, 0.25) is 0 Å². The summed E-state index contributed by atoms with van der Waals surface area (Å²) in [7, 11) is 1.62. The predicted molar refractivity (Wildman–Crippen MR) is 115 cm³/mol. The number of ether oxygens (including phenoxy) is 2. The van der Waals surface area contributed by atoms with E-state index >= 15 is 0 Å². The Labute approximate surface area is 176 Å². The Balaban J connectivity index is 1.80. The highest BCUT2D eigenvalue weighted by molar-refractivity contribution is 6.18. The maximum Gasteiger partial charge on any atom is 0.410 e.